The molecule has 7 nitrogen and oxygen atoms in total. The van der Waals surface area contributed by atoms with E-state index >= 15 is 0 Å². The number of hydrogen-bond acceptors (Lipinski definition) is 7. The van der Waals surface area contributed by atoms with Crippen LogP contribution in [0.3, 0.4) is 0 Å². The molecule has 11 heteroatoms. The molecular formula is C10H16BI2O7P. The number of aliphatic hydroxyl groups is 2. The molecule has 21 heavy (non-hydrogen) atoms. The van der Waals surface area contributed by atoms with Crippen LogP contribution in [0.2, 0.25) is 0 Å². The highest BCUT2D eigenvalue weighted by Gasteiger charge is 2.39. The van der Waals surface area contributed by atoms with Gasteiger partial charge in [-0.25, -0.2) is 0 Å². The van der Waals surface area contributed by atoms with Crippen molar-refractivity contribution in [1.29, 1.82) is 0 Å². The van der Waals surface area contributed by atoms with Crippen molar-refractivity contribution in [1.82, 2.24) is 0 Å². The number of alkyl halides is 2. The fraction of sp³-hybridized carbons (Fsp3) is 1.00. The number of aliphatic hydroxyl groups excluding tert-OH is 2. The molecule has 2 aliphatic heterocycles. The highest BCUT2D eigenvalue weighted by molar-refractivity contribution is 14.1. The van der Waals surface area contributed by atoms with Crippen molar-refractivity contribution in [3.05, 3.63) is 0 Å². The highest BCUT2D eigenvalue weighted by Crippen LogP contribution is 2.47. The van der Waals surface area contributed by atoms with Gasteiger partial charge in [0.25, 0.3) is 7.47 Å². The minimum absolute atomic E-state index is 0.106. The van der Waals surface area contributed by atoms with Crippen molar-refractivity contribution >= 4 is 60.2 Å². The van der Waals surface area contributed by atoms with Crippen LogP contribution in [-0.2, 0) is 23.1 Å². The van der Waals surface area contributed by atoms with Crippen molar-refractivity contribution in [3.63, 3.8) is 0 Å². The minimum Gasteiger partial charge on any atom is -0.394 e. The normalized spacial score (nSPS) is 43.0. The van der Waals surface area contributed by atoms with Gasteiger partial charge in [-0.2, -0.15) is 0 Å². The fourth-order valence-corrected chi connectivity index (χ4v) is 4.95. The third-order valence-corrected chi connectivity index (χ3v) is 5.89. The molecule has 0 amide bonds. The van der Waals surface area contributed by atoms with Gasteiger partial charge in [0.1, 0.15) is 20.4 Å². The van der Waals surface area contributed by atoms with Crippen molar-refractivity contribution in [3.8, 4) is 0 Å². The molecule has 0 aromatic rings. The summed E-state index contributed by atoms with van der Waals surface area (Å²) < 4.78 is 33.1. The van der Waals surface area contributed by atoms with Crippen molar-refractivity contribution in [2.45, 2.75) is 45.5 Å². The number of halogens is 2. The maximum Gasteiger partial charge on any atom is 0.264 e. The number of ether oxygens (including phenoxy) is 2. The molecular weight excluding hydrogens is 528 g/mol. The molecule has 0 bridgehead atoms. The van der Waals surface area contributed by atoms with E-state index in [2.05, 4.69) is 45.2 Å². The summed E-state index contributed by atoms with van der Waals surface area (Å²) in [6.07, 6.45) is -1.44. The topological polar surface area (TPSA) is 94.5 Å². The van der Waals surface area contributed by atoms with Crippen LogP contribution in [0, 0.1) is 0 Å². The third-order valence-electron chi connectivity index (χ3n) is 3.21. The van der Waals surface area contributed by atoms with E-state index < -0.39 is 31.9 Å². The van der Waals surface area contributed by atoms with Gasteiger partial charge in [-0.15, -0.1) is 0 Å². The Kier molecular flexibility index (Phi) is 7.24. The molecule has 7 atom stereocenters. The molecule has 2 rings (SSSR count). The molecule has 0 aromatic heterocycles. The van der Waals surface area contributed by atoms with E-state index in [0.717, 1.165) is 0 Å². The van der Waals surface area contributed by atoms with E-state index in [1.807, 2.05) is 0 Å². The van der Waals surface area contributed by atoms with Crippen molar-refractivity contribution in [2.24, 2.45) is 0 Å². The van der Waals surface area contributed by atoms with Gasteiger partial charge in [-0.1, -0.05) is 45.2 Å². The van der Waals surface area contributed by atoms with E-state index in [0.29, 0.717) is 12.8 Å². The summed E-state index contributed by atoms with van der Waals surface area (Å²) in [6.45, 7) is -0.357. The molecule has 0 saturated carbocycles. The molecule has 3 unspecified atom stereocenters. The largest absolute Gasteiger partial charge is 0.394 e. The Morgan fingerprint density at radius 3 is 2.43 bits per heavy atom. The third kappa shape index (κ3) is 5.52. The zero-order valence-electron chi connectivity index (χ0n) is 11.0. The molecule has 0 aromatic carbocycles. The van der Waals surface area contributed by atoms with E-state index in [-0.39, 0.29) is 21.4 Å². The summed E-state index contributed by atoms with van der Waals surface area (Å²) >= 11 is 4.11. The van der Waals surface area contributed by atoms with Crippen LogP contribution in [-0.4, -0.2) is 63.6 Å². The van der Waals surface area contributed by atoms with Crippen LogP contribution in [0.15, 0.2) is 0 Å². The lowest BCUT2D eigenvalue weighted by Crippen LogP contribution is -2.29. The second kappa shape index (κ2) is 8.06. The van der Waals surface area contributed by atoms with Crippen LogP contribution in [0.4, 0.5) is 0 Å². The number of rotatable bonds is 6. The molecule has 2 fully saturated rings. The van der Waals surface area contributed by atoms with Gasteiger partial charge < -0.3 is 28.7 Å². The van der Waals surface area contributed by atoms with Crippen LogP contribution in [0.1, 0.15) is 12.8 Å². The Morgan fingerprint density at radius 1 is 1.24 bits per heavy atom. The van der Waals surface area contributed by atoms with Crippen molar-refractivity contribution < 1.29 is 33.3 Å². The molecule has 2 aliphatic rings. The van der Waals surface area contributed by atoms with Crippen LogP contribution < -0.4 is 0 Å². The molecule has 120 valence electrons. The smallest absolute Gasteiger partial charge is 0.264 e. The van der Waals surface area contributed by atoms with Gasteiger partial charge in [-0.3, -0.25) is 4.57 Å². The maximum absolute atomic E-state index is 12.1. The number of hydrogen-bond donors (Lipinski definition) is 2. The SMILES string of the molecule is [B]P(=O)(OCC1O[C@@H](I)C[C@H]1O)O[C@@H]1C[C@H](I)OC1CO. The highest BCUT2D eigenvalue weighted by atomic mass is 127. The molecule has 2 heterocycles. The van der Waals surface area contributed by atoms with E-state index in [4.69, 9.17) is 26.1 Å². The van der Waals surface area contributed by atoms with E-state index in [1.54, 1.807) is 0 Å². The van der Waals surface area contributed by atoms with Gasteiger partial charge in [0, 0.05) is 12.8 Å². The Balaban J connectivity index is 1.83. The summed E-state index contributed by atoms with van der Waals surface area (Å²) in [5.74, 6) is 0. The monoisotopic (exact) mass is 544 g/mol. The Morgan fingerprint density at radius 2 is 1.86 bits per heavy atom. The summed E-state index contributed by atoms with van der Waals surface area (Å²) in [7, 11) is 1.74. The average molecular weight is 544 g/mol. The van der Waals surface area contributed by atoms with E-state index in [9.17, 15) is 14.8 Å². The Labute approximate surface area is 151 Å². The fourth-order valence-electron chi connectivity index (χ4n) is 2.16. The quantitative estimate of drug-likeness (QED) is 0.224. The first-order valence-corrected chi connectivity index (χ1v) is 10.5. The zero-order valence-corrected chi connectivity index (χ0v) is 16.2. The molecule has 2 radical (unpaired) electrons. The van der Waals surface area contributed by atoms with Gasteiger partial charge in [0.05, 0.1) is 25.4 Å². The van der Waals surface area contributed by atoms with Gasteiger partial charge in [0.15, 0.2) is 0 Å². The maximum atomic E-state index is 12.1. The first-order chi connectivity index (χ1) is 9.80. The second-order valence-corrected chi connectivity index (χ2v) is 9.20. The van der Waals surface area contributed by atoms with Gasteiger partial charge in [-0.05, 0) is 0 Å². The first-order valence-electron chi connectivity index (χ1n) is 6.40. The molecule has 0 aliphatic carbocycles. The van der Waals surface area contributed by atoms with E-state index in [1.165, 1.54) is 0 Å². The van der Waals surface area contributed by atoms with Crippen LogP contribution in [0.5, 0.6) is 0 Å². The van der Waals surface area contributed by atoms with Crippen LogP contribution in [0.25, 0.3) is 0 Å². The van der Waals surface area contributed by atoms with Crippen LogP contribution >= 0.6 is 52.7 Å². The lowest BCUT2D eigenvalue weighted by molar-refractivity contribution is -0.00959. The first kappa shape index (κ1) is 18.8. The second-order valence-electron chi connectivity index (χ2n) is 4.87. The summed E-state index contributed by atoms with van der Waals surface area (Å²) in [5.41, 5.74) is 0. The minimum atomic E-state index is -3.81. The molecule has 2 saturated heterocycles. The predicted octanol–water partition coefficient (Wildman–Crippen LogP) is 1.12. The molecule has 2 N–H and O–H groups in total. The zero-order chi connectivity index (χ0) is 15.6. The summed E-state index contributed by atoms with van der Waals surface area (Å²) in [5, 5.41) is 18.9. The van der Waals surface area contributed by atoms with Gasteiger partial charge >= 0.3 is 0 Å². The lowest BCUT2D eigenvalue weighted by atomic mass is 10.2. The summed E-state index contributed by atoms with van der Waals surface area (Å²) in [6, 6.07) is 0. The molecule has 0 spiro atoms. The van der Waals surface area contributed by atoms with Crippen molar-refractivity contribution in [2.75, 3.05) is 13.2 Å². The Bertz CT molecular complexity index is 404. The standard InChI is InChI=1S/C10H16BI2O7P/c11-21(16,17-4-8-5(15)1-9(12)19-8)20-6-2-10(13)18-7(6)3-14/h5-10,14-15H,1-4H2/t5-,6-,7?,8?,9-,10-,21?/m1/s1. The van der Waals surface area contributed by atoms with Gasteiger partial charge in [0.2, 0.25) is 7.57 Å². The Hall–Kier alpha value is 1.51. The lowest BCUT2D eigenvalue weighted by Gasteiger charge is -2.24. The summed E-state index contributed by atoms with van der Waals surface area (Å²) in [4.78, 5) is 0. The average Bonchev–Trinajstić information content (AvgIpc) is 2.88. The predicted molar refractivity (Wildman–Crippen MR) is 91.9 cm³/mol.